The molecule has 0 bridgehead atoms. The molecule has 0 spiro atoms. The minimum atomic E-state index is -0.866. The van der Waals surface area contributed by atoms with Gasteiger partial charge in [-0.3, -0.25) is 9.59 Å². The van der Waals surface area contributed by atoms with Crippen molar-refractivity contribution < 1.29 is 14.0 Å². The third-order valence-electron chi connectivity index (χ3n) is 9.89. The summed E-state index contributed by atoms with van der Waals surface area (Å²) in [4.78, 5) is 27.2. The summed E-state index contributed by atoms with van der Waals surface area (Å²) >= 11 is 0. The van der Waals surface area contributed by atoms with Gasteiger partial charge in [0, 0.05) is 37.5 Å². The molecule has 4 aliphatic rings. The highest BCUT2D eigenvalue weighted by atomic mass is 19.1. The SMILES string of the molecule is CN(C)c1ccc(C2C[C@@]3(C)C(CC[C@]3(C)C(=O)CF)C3CCC4=CC(=O)CCC4=C23)cc1. The van der Waals surface area contributed by atoms with Crippen molar-refractivity contribution in [2.75, 3.05) is 25.7 Å². The van der Waals surface area contributed by atoms with Crippen molar-refractivity contribution >= 4 is 17.3 Å². The van der Waals surface area contributed by atoms with E-state index < -0.39 is 12.1 Å². The number of hydrogen-bond acceptors (Lipinski definition) is 3. The van der Waals surface area contributed by atoms with E-state index >= 15 is 0 Å². The van der Waals surface area contributed by atoms with Gasteiger partial charge in [-0.2, -0.15) is 0 Å². The predicted molar refractivity (Wildman–Crippen MR) is 130 cm³/mol. The number of alkyl halides is 1. The van der Waals surface area contributed by atoms with Gasteiger partial charge in [0.05, 0.1) is 0 Å². The van der Waals surface area contributed by atoms with Crippen LogP contribution in [-0.2, 0) is 9.59 Å². The van der Waals surface area contributed by atoms with E-state index in [1.54, 1.807) is 0 Å². The van der Waals surface area contributed by atoms with Crippen LogP contribution in [-0.4, -0.2) is 32.3 Å². The van der Waals surface area contributed by atoms with Gasteiger partial charge in [-0.15, -0.1) is 0 Å². The highest BCUT2D eigenvalue weighted by Gasteiger charge is 2.63. The van der Waals surface area contributed by atoms with Crippen LogP contribution in [0.1, 0.15) is 70.3 Å². The molecule has 1 aromatic rings. The molecule has 0 heterocycles. The van der Waals surface area contributed by atoms with Gasteiger partial charge in [0.25, 0.3) is 0 Å². The molecule has 3 unspecified atom stereocenters. The number of hydrogen-bond donors (Lipinski definition) is 0. The summed E-state index contributed by atoms with van der Waals surface area (Å²) in [6, 6.07) is 8.83. The first kappa shape index (κ1) is 22.6. The zero-order valence-electron chi connectivity index (χ0n) is 20.4. The molecule has 3 nitrogen and oxygen atoms in total. The lowest BCUT2D eigenvalue weighted by atomic mass is 9.48. The maximum Gasteiger partial charge on any atom is 0.170 e. The molecule has 4 heteroatoms. The molecule has 0 aromatic heterocycles. The van der Waals surface area contributed by atoms with E-state index in [9.17, 15) is 14.0 Å². The molecule has 0 aliphatic heterocycles. The van der Waals surface area contributed by atoms with Crippen molar-refractivity contribution in [3.8, 4) is 0 Å². The Kier molecular flexibility index (Phi) is 5.42. The number of allylic oxidation sites excluding steroid dienone is 4. The Hall–Kier alpha value is -2.23. The van der Waals surface area contributed by atoms with Gasteiger partial charge in [-0.25, -0.2) is 4.39 Å². The number of ketones is 2. The van der Waals surface area contributed by atoms with Gasteiger partial charge in [-0.1, -0.05) is 31.6 Å². The van der Waals surface area contributed by atoms with E-state index in [1.165, 1.54) is 28.0 Å². The van der Waals surface area contributed by atoms with Crippen LogP contribution in [0.3, 0.4) is 0 Å². The fraction of sp³-hybridized carbons (Fsp3) is 0.586. The first-order valence-corrected chi connectivity index (χ1v) is 12.5. The van der Waals surface area contributed by atoms with Crippen LogP contribution < -0.4 is 4.90 Å². The number of nitrogens with zero attached hydrogens (tertiary/aromatic N) is 1. The lowest BCUT2D eigenvalue weighted by molar-refractivity contribution is -0.137. The van der Waals surface area contributed by atoms with Crippen LogP contribution in [0.2, 0.25) is 0 Å². The van der Waals surface area contributed by atoms with Crippen molar-refractivity contribution in [1.29, 1.82) is 0 Å². The second-order valence-corrected chi connectivity index (χ2v) is 11.4. The minimum Gasteiger partial charge on any atom is -0.378 e. The highest BCUT2D eigenvalue weighted by molar-refractivity contribution is 5.93. The molecule has 0 saturated heterocycles. The van der Waals surface area contributed by atoms with Gasteiger partial charge in [0.1, 0.15) is 6.67 Å². The normalized spacial score (nSPS) is 35.5. The second kappa shape index (κ2) is 7.92. The first-order valence-electron chi connectivity index (χ1n) is 12.5. The molecule has 0 N–H and O–H groups in total. The third kappa shape index (κ3) is 3.27. The molecule has 5 atom stereocenters. The molecular formula is C29H36FNO2. The molecule has 1 aromatic carbocycles. The summed E-state index contributed by atoms with van der Waals surface area (Å²) in [6.07, 6.45) is 7.96. The summed E-state index contributed by atoms with van der Waals surface area (Å²) < 4.78 is 13.7. The van der Waals surface area contributed by atoms with Gasteiger partial charge in [0.15, 0.2) is 11.6 Å². The van der Waals surface area contributed by atoms with E-state index in [0.29, 0.717) is 18.3 Å². The van der Waals surface area contributed by atoms with Crippen LogP contribution in [0.5, 0.6) is 0 Å². The molecule has 0 amide bonds. The topological polar surface area (TPSA) is 37.4 Å². The van der Waals surface area contributed by atoms with Crippen molar-refractivity contribution in [2.45, 2.75) is 64.7 Å². The molecule has 2 fully saturated rings. The lowest BCUT2D eigenvalue weighted by Gasteiger charge is -2.55. The summed E-state index contributed by atoms with van der Waals surface area (Å²) in [6.45, 7) is 3.44. The fourth-order valence-corrected chi connectivity index (χ4v) is 7.81. The first-order chi connectivity index (χ1) is 15.7. The molecule has 2 saturated carbocycles. The maximum absolute atomic E-state index is 13.7. The summed E-state index contributed by atoms with van der Waals surface area (Å²) in [5.74, 6) is 1.06. The Labute approximate surface area is 197 Å². The molecule has 5 rings (SSSR count). The number of benzene rings is 1. The predicted octanol–water partition coefficient (Wildman–Crippen LogP) is 6.20. The van der Waals surface area contributed by atoms with Gasteiger partial charge in [0.2, 0.25) is 0 Å². The van der Waals surface area contributed by atoms with Crippen LogP contribution in [0, 0.1) is 22.7 Å². The van der Waals surface area contributed by atoms with Gasteiger partial charge >= 0.3 is 0 Å². The lowest BCUT2D eigenvalue weighted by Crippen LogP contribution is -2.50. The number of Topliss-reactive ketones (excluding diaryl/α,β-unsaturated/α-hetero) is 1. The maximum atomic E-state index is 13.7. The fourth-order valence-electron chi connectivity index (χ4n) is 7.81. The minimum absolute atomic E-state index is 0.212. The Balaban J connectivity index is 1.66. The number of anilines is 1. The van der Waals surface area contributed by atoms with E-state index in [-0.39, 0.29) is 22.9 Å². The van der Waals surface area contributed by atoms with Gasteiger partial charge < -0.3 is 4.90 Å². The Morgan fingerprint density at radius 2 is 1.82 bits per heavy atom. The highest BCUT2D eigenvalue weighted by Crippen LogP contribution is 2.69. The van der Waals surface area contributed by atoms with E-state index in [2.05, 4.69) is 36.1 Å². The molecule has 176 valence electrons. The van der Waals surface area contributed by atoms with E-state index in [4.69, 9.17) is 0 Å². The van der Waals surface area contributed by atoms with Crippen molar-refractivity contribution in [3.63, 3.8) is 0 Å². The number of rotatable bonds is 4. The quantitative estimate of drug-likeness (QED) is 0.549. The molecule has 4 aliphatic carbocycles. The Morgan fingerprint density at radius 1 is 1.09 bits per heavy atom. The largest absolute Gasteiger partial charge is 0.378 e. The number of carbonyl (C=O) groups excluding carboxylic acids is 2. The van der Waals surface area contributed by atoms with Crippen LogP contribution in [0.4, 0.5) is 10.1 Å². The molecule has 0 radical (unpaired) electrons. The molecular weight excluding hydrogens is 413 g/mol. The summed E-state index contributed by atoms with van der Waals surface area (Å²) in [5, 5.41) is 0. The van der Waals surface area contributed by atoms with Crippen molar-refractivity contribution in [1.82, 2.24) is 0 Å². The molecule has 33 heavy (non-hydrogen) atoms. The standard InChI is InChI=1S/C29H36FNO2/c1-28(26(33)17-30)14-13-25-23-11-7-19-15-21(32)10-12-22(19)27(23)24(16-29(25,28)2)18-5-8-20(9-6-18)31(3)4/h5-6,8-9,15,23-25H,7,10-14,16-17H2,1-4H3/t23?,24?,25?,28-,29+/m1/s1. The van der Waals surface area contributed by atoms with Crippen LogP contribution in [0.15, 0.2) is 47.1 Å². The Morgan fingerprint density at radius 3 is 2.48 bits per heavy atom. The van der Waals surface area contributed by atoms with Crippen LogP contribution in [0.25, 0.3) is 0 Å². The summed E-state index contributed by atoms with van der Waals surface area (Å²) in [7, 11) is 4.09. The Bertz CT molecular complexity index is 1050. The summed E-state index contributed by atoms with van der Waals surface area (Å²) in [5.41, 5.74) is 5.81. The van der Waals surface area contributed by atoms with E-state index in [0.717, 1.165) is 38.5 Å². The van der Waals surface area contributed by atoms with Crippen molar-refractivity contribution in [3.05, 3.63) is 52.6 Å². The average Bonchev–Trinajstić information content (AvgIpc) is 3.09. The zero-order valence-corrected chi connectivity index (χ0v) is 20.4. The monoisotopic (exact) mass is 449 g/mol. The third-order valence-corrected chi connectivity index (χ3v) is 9.89. The van der Waals surface area contributed by atoms with Crippen molar-refractivity contribution in [2.24, 2.45) is 22.7 Å². The number of halogens is 1. The average molecular weight is 450 g/mol. The number of carbonyl (C=O) groups is 2. The van der Waals surface area contributed by atoms with Crippen LogP contribution >= 0.6 is 0 Å². The number of fused-ring (bicyclic) bond motifs is 4. The second-order valence-electron chi connectivity index (χ2n) is 11.4. The smallest absolute Gasteiger partial charge is 0.170 e. The zero-order chi connectivity index (χ0) is 23.5. The van der Waals surface area contributed by atoms with E-state index in [1.807, 2.05) is 27.1 Å². The van der Waals surface area contributed by atoms with Gasteiger partial charge in [-0.05, 0) is 90.7 Å².